The number of hydrogen-bond acceptors (Lipinski definition) is 27. The molecule has 93 heavy (non-hydrogen) atoms. The summed E-state index contributed by atoms with van der Waals surface area (Å²) in [5, 5.41) is 59.4. The molecule has 32 nitrogen and oxygen atoms in total. The summed E-state index contributed by atoms with van der Waals surface area (Å²) in [6, 6.07) is 5.65. The van der Waals surface area contributed by atoms with E-state index >= 15 is 0 Å². The number of allylic oxidation sites excluding steroid dienone is 2. The first kappa shape index (κ1) is 97.5. The highest BCUT2D eigenvalue weighted by molar-refractivity contribution is 6.66. The van der Waals surface area contributed by atoms with Gasteiger partial charge in [0.25, 0.3) is 5.91 Å². The average molecular weight is 1350 g/mol. The van der Waals surface area contributed by atoms with Gasteiger partial charge in [-0.15, -0.1) is 0 Å². The number of nitriles is 3. The Morgan fingerprint density at radius 2 is 0.774 bits per heavy atom. The fourth-order valence-corrected chi connectivity index (χ4v) is 5.65. The molecule has 0 spiro atoms. The maximum atomic E-state index is 12.2. The number of aliphatic hydroxyl groups excluding tert-OH is 3. The molecule has 4 amide bonds. The molecule has 0 aliphatic heterocycles. The molecule has 0 aliphatic rings. The van der Waals surface area contributed by atoms with Gasteiger partial charge in [-0.3, -0.25) is 28.8 Å². The van der Waals surface area contributed by atoms with Gasteiger partial charge in [0.15, 0.2) is 0 Å². The van der Waals surface area contributed by atoms with Crippen molar-refractivity contribution < 1.29 is 86.7 Å². The minimum atomic E-state index is -1.21. The summed E-state index contributed by atoms with van der Waals surface area (Å²) in [5.74, 6) is -1.71. The van der Waals surface area contributed by atoms with Gasteiger partial charge in [0, 0.05) is 65.4 Å². The predicted molar refractivity (Wildman–Crippen MR) is 350 cm³/mol. The molecule has 33 heteroatoms. The lowest BCUT2D eigenvalue weighted by Gasteiger charge is -2.34. The summed E-state index contributed by atoms with van der Waals surface area (Å²) in [4.78, 5) is 68.6. The predicted octanol–water partition coefficient (Wildman–Crippen LogP) is -2.28. The van der Waals surface area contributed by atoms with Crippen molar-refractivity contribution in [1.82, 2.24) is 21.3 Å². The van der Waals surface area contributed by atoms with Gasteiger partial charge >= 0.3 is 0 Å². The number of aldehydes is 1. The summed E-state index contributed by atoms with van der Waals surface area (Å²) >= 11 is 4.71. The maximum absolute atomic E-state index is 12.2. The maximum Gasteiger partial charge on any atom is 0.284 e. The molecule has 0 heterocycles. The monoisotopic (exact) mass is 1350 g/mol. The molecule has 0 rings (SSSR count). The summed E-state index contributed by atoms with van der Waals surface area (Å²) in [5.41, 5.74) is 30.1. The van der Waals surface area contributed by atoms with Crippen LogP contribution in [0.2, 0.25) is 0 Å². The van der Waals surface area contributed by atoms with Gasteiger partial charge in [0.05, 0.1) is 140 Å². The van der Waals surface area contributed by atoms with Crippen molar-refractivity contribution in [2.45, 2.75) is 73.5 Å². The summed E-state index contributed by atoms with van der Waals surface area (Å²) in [6.07, 6.45) is 10.5. The zero-order chi connectivity index (χ0) is 71.6. The number of halogens is 1. The van der Waals surface area contributed by atoms with Crippen LogP contribution in [0.4, 0.5) is 0 Å². The zero-order valence-corrected chi connectivity index (χ0v) is 54.8. The van der Waals surface area contributed by atoms with Crippen LogP contribution in [-0.4, -0.2) is 257 Å². The number of hydrogen-bond donors (Lipinski definition) is 13. The summed E-state index contributed by atoms with van der Waals surface area (Å²) < 4.78 is 49.8. The molecule has 0 saturated carbocycles. The molecule has 0 radical (unpaired) electrons. The molecule has 19 N–H and O–H groups in total. The van der Waals surface area contributed by atoms with Crippen LogP contribution in [0.3, 0.4) is 0 Å². The normalized spacial score (nSPS) is 10.5. The Morgan fingerprint density at radius 1 is 0.484 bits per heavy atom. The molecule has 0 aromatic rings. The Bertz CT molecular complexity index is 1950. The number of carbonyl (C=O) groups excluding carboxylic acids is 6. The highest BCUT2D eigenvalue weighted by Gasteiger charge is 2.33. The largest absolute Gasteiger partial charge is 0.394 e. The second-order valence-corrected chi connectivity index (χ2v) is 19.8. The zero-order valence-electron chi connectivity index (χ0n) is 54.1. The second-order valence-electron chi connectivity index (χ2n) is 19.4. The lowest BCUT2D eigenvalue weighted by Crippen LogP contribution is -2.58. The number of amides is 4. The van der Waals surface area contributed by atoms with Gasteiger partial charge in [-0.05, 0) is 94.1 Å². The van der Waals surface area contributed by atoms with E-state index in [2.05, 4.69) is 59.0 Å². The van der Waals surface area contributed by atoms with E-state index in [1.807, 2.05) is 12.1 Å². The SMILES string of the molecule is C=CC#N.C=CC(=O)Cl.C=CC(=O)NCCCOCC(COCCCNC(=O)C=C)(COCCCNC(=O)C=O)NC(=O)C=C.NC(CO)(CO)CO.NCCCOCC(N)(COCCCN)COCCCN.[C-]#[N+]CCOCC(N)(COCCC#N)COCCC#N. The van der Waals surface area contributed by atoms with Crippen LogP contribution in [0.5, 0.6) is 0 Å². The Labute approximate surface area is 554 Å². The van der Waals surface area contributed by atoms with E-state index in [-0.39, 0.29) is 77.4 Å². The van der Waals surface area contributed by atoms with E-state index in [1.165, 1.54) is 18.2 Å². The van der Waals surface area contributed by atoms with Crippen LogP contribution < -0.4 is 55.7 Å². The van der Waals surface area contributed by atoms with Crippen molar-refractivity contribution in [2.75, 3.05) is 185 Å². The van der Waals surface area contributed by atoms with Crippen LogP contribution in [0, 0.1) is 40.6 Å². The van der Waals surface area contributed by atoms with Crippen molar-refractivity contribution in [3.05, 3.63) is 74.7 Å². The summed E-state index contributed by atoms with van der Waals surface area (Å²) in [7, 11) is 0. The van der Waals surface area contributed by atoms with Crippen molar-refractivity contribution in [1.29, 1.82) is 15.8 Å². The molecule has 0 aliphatic carbocycles. The minimum Gasteiger partial charge on any atom is -0.394 e. The van der Waals surface area contributed by atoms with Crippen molar-refractivity contribution in [3.8, 4) is 18.2 Å². The number of aliphatic hydroxyl groups is 3. The van der Waals surface area contributed by atoms with E-state index in [0.717, 1.165) is 31.4 Å². The van der Waals surface area contributed by atoms with Crippen LogP contribution >= 0.6 is 11.6 Å². The van der Waals surface area contributed by atoms with Gasteiger partial charge in [-0.2, -0.15) is 15.8 Å². The van der Waals surface area contributed by atoms with Gasteiger partial charge in [0.2, 0.25) is 35.8 Å². The van der Waals surface area contributed by atoms with Crippen molar-refractivity contribution in [3.63, 3.8) is 0 Å². The highest BCUT2D eigenvalue weighted by Crippen LogP contribution is 2.11. The molecule has 0 atom stereocenters. The fraction of sp³-hybridized carbons (Fsp3) is 0.667. The topological polar surface area (TPSA) is 526 Å². The Kier molecular flexibility index (Phi) is 76.4. The Morgan fingerprint density at radius 3 is 1.02 bits per heavy atom. The molecular formula is C60H107ClN14O18. The number of nitrogens with two attached hydrogens (primary N) is 6. The molecule has 0 unspecified atom stereocenters. The minimum absolute atomic E-state index is 0.0363. The van der Waals surface area contributed by atoms with Gasteiger partial charge in [-0.1, -0.05) is 32.9 Å². The molecule has 532 valence electrons. The number of rotatable bonds is 54. The number of ether oxygens (including phenoxy) is 9. The molecule has 0 fully saturated rings. The quantitative estimate of drug-likeness (QED) is 0.00580. The van der Waals surface area contributed by atoms with E-state index < -0.39 is 59.0 Å². The standard InChI is InChI=1S/C24H38N4O8.C13H20N4O3.C13H32N4O3.C4H11NO3.C3H3ClO.C3H3N/c1-4-20(30)25-10-7-13-34-17-24(28-22(32)6-3,18-35-14-8-11-26-21(31)5-2)19-36-15-9-12-27-23(33)16-29;1-17-6-9-20-12-13(16,10-18-7-2-4-14)11-19-8-3-5-15;14-4-1-7-18-10-13(17,11-19-8-2-5-15)12-20-9-3-6-16;5-4(1-6,2-7)3-8;1-2-3(4)5;1-2-3-4/h4-6,16H,1-3,7-15,17-19H2,(H,25,30)(H,26,31)(H,27,33)(H,28,32);2-3,6-12,16H2;1-12,14-17H2;6-8H,1-3,5H2;2H,1H2;2H,1H2. The second kappa shape index (κ2) is 72.9. The Hall–Kier alpha value is -6.55. The van der Waals surface area contributed by atoms with Crippen LogP contribution in [-0.2, 0) is 71.4 Å². The third kappa shape index (κ3) is 72.7. The third-order valence-corrected chi connectivity index (χ3v) is 10.7. The van der Waals surface area contributed by atoms with Crippen LogP contribution in [0.1, 0.15) is 51.4 Å². The smallest absolute Gasteiger partial charge is 0.284 e. The van der Waals surface area contributed by atoms with E-state index in [1.54, 1.807) is 6.07 Å². The van der Waals surface area contributed by atoms with Crippen molar-refractivity contribution in [2.24, 2.45) is 34.4 Å². The highest BCUT2D eigenvalue weighted by atomic mass is 35.5. The Balaban J connectivity index is -0.000000282. The number of carbonyl (C=O) groups is 6. The first-order chi connectivity index (χ1) is 44.5. The number of nitrogens with one attached hydrogen (secondary N) is 4. The first-order valence-corrected chi connectivity index (χ1v) is 29.8. The van der Waals surface area contributed by atoms with Crippen LogP contribution in [0.15, 0.2) is 63.3 Å². The number of nitrogens with zero attached hydrogens (tertiary/aromatic N) is 4. The fourth-order valence-electron chi connectivity index (χ4n) is 5.65. The average Bonchev–Trinajstić information content (AvgIpc) is 2.65. The van der Waals surface area contributed by atoms with Gasteiger partial charge in [0.1, 0.15) is 12.1 Å². The van der Waals surface area contributed by atoms with E-state index in [9.17, 15) is 28.8 Å². The molecule has 0 aromatic carbocycles. The third-order valence-electron chi connectivity index (χ3n) is 10.6. The van der Waals surface area contributed by atoms with E-state index in [0.29, 0.717) is 138 Å². The molecular weight excluding hydrogens is 1240 g/mol. The van der Waals surface area contributed by atoms with Gasteiger partial charge < -0.3 is 118 Å². The first-order valence-electron chi connectivity index (χ1n) is 29.4. The summed E-state index contributed by atoms with van der Waals surface area (Å²) in [6.45, 7) is 30.5. The lowest BCUT2D eigenvalue weighted by atomic mass is 10.0. The van der Waals surface area contributed by atoms with Gasteiger partial charge in [-0.25, -0.2) is 6.57 Å². The van der Waals surface area contributed by atoms with Crippen LogP contribution in [0.25, 0.3) is 4.85 Å². The van der Waals surface area contributed by atoms with Crippen molar-refractivity contribution >= 4 is 46.8 Å². The van der Waals surface area contributed by atoms with E-state index in [4.69, 9.17) is 126 Å². The molecule has 0 aromatic heterocycles. The molecule has 0 saturated heterocycles. The molecule has 0 bridgehead atoms. The lowest BCUT2D eigenvalue weighted by molar-refractivity contribution is -0.131.